The van der Waals surface area contributed by atoms with E-state index in [0.717, 1.165) is 84.5 Å². The second kappa shape index (κ2) is 8.36. The van der Waals surface area contributed by atoms with Gasteiger partial charge < -0.3 is 9.64 Å². The van der Waals surface area contributed by atoms with Crippen LogP contribution in [0.4, 0.5) is 10.1 Å². The Balaban J connectivity index is 1.15. The van der Waals surface area contributed by atoms with Crippen molar-refractivity contribution >= 4 is 16.6 Å². The number of aryl methyl sites for hydroxylation is 2. The Kier molecular flexibility index (Phi) is 5.17. The van der Waals surface area contributed by atoms with Gasteiger partial charge in [0.2, 0.25) is 0 Å². The quantitative estimate of drug-likeness (QED) is 0.463. The van der Waals surface area contributed by atoms with Gasteiger partial charge in [-0.05, 0) is 50.1 Å². The van der Waals surface area contributed by atoms with E-state index in [-0.39, 0.29) is 5.82 Å². The van der Waals surface area contributed by atoms with Crippen LogP contribution in [0.5, 0.6) is 5.75 Å². The third-order valence-corrected chi connectivity index (χ3v) is 6.85. The number of halogens is 1. The van der Waals surface area contributed by atoms with E-state index in [1.165, 1.54) is 11.6 Å². The molecule has 0 aliphatic carbocycles. The Hall–Kier alpha value is -3.52. The van der Waals surface area contributed by atoms with Crippen LogP contribution in [0.15, 0.2) is 42.5 Å². The van der Waals surface area contributed by atoms with Crippen LogP contribution < -0.4 is 9.64 Å². The molecule has 4 aromatic rings. The molecule has 0 spiro atoms. The van der Waals surface area contributed by atoms with Gasteiger partial charge in [-0.3, -0.25) is 14.5 Å². The maximum atomic E-state index is 14.3. The Labute approximate surface area is 197 Å². The number of hydrogen-bond acceptors (Lipinski definition) is 6. The van der Waals surface area contributed by atoms with Gasteiger partial charge in [-0.1, -0.05) is 12.1 Å². The predicted molar refractivity (Wildman–Crippen MR) is 129 cm³/mol. The van der Waals surface area contributed by atoms with Gasteiger partial charge in [-0.25, -0.2) is 4.39 Å². The maximum absolute atomic E-state index is 14.3. The summed E-state index contributed by atoms with van der Waals surface area (Å²) in [4.78, 5) is 9.27. The normalized spacial score (nSPS) is 15.8. The summed E-state index contributed by atoms with van der Waals surface area (Å²) in [6.45, 7) is 8.88. The highest BCUT2D eigenvalue weighted by atomic mass is 19.1. The lowest BCUT2D eigenvalue weighted by atomic mass is 10.1. The molecule has 0 saturated carbocycles. The van der Waals surface area contributed by atoms with Crippen molar-refractivity contribution in [2.75, 3.05) is 37.6 Å². The van der Waals surface area contributed by atoms with Crippen molar-refractivity contribution in [3.8, 4) is 11.4 Å². The number of piperazine rings is 1. The number of nitrogens with zero attached hydrogens (tertiary/aromatic N) is 6. The van der Waals surface area contributed by atoms with E-state index in [1.807, 2.05) is 19.9 Å². The molecule has 7 nitrogen and oxygen atoms in total. The first kappa shape index (κ1) is 21.0. The molecule has 2 aliphatic heterocycles. The van der Waals surface area contributed by atoms with E-state index >= 15 is 0 Å². The minimum atomic E-state index is -0.233. The number of rotatable bonds is 4. The summed E-state index contributed by atoms with van der Waals surface area (Å²) in [7, 11) is 0. The number of ether oxygens (including phenoxy) is 1. The molecule has 0 unspecified atom stereocenters. The number of para-hydroxylation sites is 1. The fourth-order valence-electron chi connectivity index (χ4n) is 5.10. The summed E-state index contributed by atoms with van der Waals surface area (Å²) in [5.41, 5.74) is 4.78. The molecule has 1 fully saturated rings. The number of benzene rings is 2. The molecule has 1 saturated heterocycles. The highest BCUT2D eigenvalue weighted by Crippen LogP contribution is 2.34. The van der Waals surface area contributed by atoms with Crippen LogP contribution in [0.2, 0.25) is 0 Å². The lowest BCUT2D eigenvalue weighted by molar-refractivity contribution is 0.254. The summed E-state index contributed by atoms with van der Waals surface area (Å²) < 4.78 is 22.5. The third-order valence-electron chi connectivity index (χ3n) is 6.85. The van der Waals surface area contributed by atoms with Crippen LogP contribution in [0.1, 0.15) is 22.9 Å². The first-order valence-electron chi connectivity index (χ1n) is 11.8. The Morgan fingerprint density at radius 2 is 1.82 bits per heavy atom. The average molecular weight is 459 g/mol. The lowest BCUT2D eigenvalue weighted by Gasteiger charge is -2.36. The predicted octanol–water partition coefficient (Wildman–Crippen LogP) is 3.83. The lowest BCUT2D eigenvalue weighted by Crippen LogP contribution is -2.47. The summed E-state index contributed by atoms with van der Waals surface area (Å²) in [5, 5.41) is 9.42. The van der Waals surface area contributed by atoms with E-state index < -0.39 is 0 Å². The molecule has 2 aliphatic rings. The molecule has 2 aromatic carbocycles. The maximum Gasteiger partial charge on any atom is 0.175 e. The SMILES string of the molecule is Cc1ccc2c(N3CCN(CCc4cccc5c4OCc4nnc(C)n4-5)CC3)cc(F)cc2n1. The van der Waals surface area contributed by atoms with Gasteiger partial charge in [0.25, 0.3) is 0 Å². The van der Waals surface area contributed by atoms with Gasteiger partial charge in [0.1, 0.15) is 24.0 Å². The molecule has 34 heavy (non-hydrogen) atoms. The fraction of sp³-hybridized carbons (Fsp3) is 0.346. The number of hydrogen-bond donors (Lipinski definition) is 0. The molecule has 2 aromatic heterocycles. The molecule has 6 rings (SSSR count). The largest absolute Gasteiger partial charge is 0.483 e. The molecular formula is C26H27FN6O. The Morgan fingerprint density at radius 3 is 2.68 bits per heavy atom. The minimum Gasteiger partial charge on any atom is -0.483 e. The highest BCUT2D eigenvalue weighted by molar-refractivity contribution is 5.92. The van der Waals surface area contributed by atoms with Crippen molar-refractivity contribution in [2.45, 2.75) is 26.9 Å². The van der Waals surface area contributed by atoms with Crippen molar-refractivity contribution in [2.24, 2.45) is 0 Å². The van der Waals surface area contributed by atoms with Crippen LogP contribution >= 0.6 is 0 Å². The Morgan fingerprint density at radius 1 is 0.971 bits per heavy atom. The third kappa shape index (κ3) is 3.68. The van der Waals surface area contributed by atoms with Crippen LogP contribution in [0.3, 0.4) is 0 Å². The van der Waals surface area contributed by atoms with Crippen molar-refractivity contribution in [1.82, 2.24) is 24.6 Å². The molecule has 0 bridgehead atoms. The minimum absolute atomic E-state index is 0.233. The molecule has 0 atom stereocenters. The summed E-state index contributed by atoms with van der Waals surface area (Å²) >= 11 is 0. The summed E-state index contributed by atoms with van der Waals surface area (Å²) in [5.74, 6) is 2.42. The number of fused-ring (bicyclic) bond motifs is 4. The van der Waals surface area contributed by atoms with E-state index in [2.05, 4.69) is 53.8 Å². The standard InChI is InChI=1S/C26H27FN6O/c1-17-6-7-21-22(28-17)14-20(27)15-24(21)32-12-10-31(11-13-32)9-8-19-4-3-5-23-26(19)34-16-25-30-29-18(2)33(23)25/h3-7,14-15H,8-13,16H2,1-2H3. The van der Waals surface area contributed by atoms with Gasteiger partial charge in [0, 0.05) is 55.6 Å². The topological polar surface area (TPSA) is 59.3 Å². The molecule has 0 N–H and O–H groups in total. The van der Waals surface area contributed by atoms with Gasteiger partial charge in [0.05, 0.1) is 11.2 Å². The molecular weight excluding hydrogens is 431 g/mol. The zero-order valence-corrected chi connectivity index (χ0v) is 19.5. The molecule has 8 heteroatoms. The van der Waals surface area contributed by atoms with E-state index in [9.17, 15) is 4.39 Å². The smallest absolute Gasteiger partial charge is 0.175 e. The number of pyridine rings is 1. The first-order valence-corrected chi connectivity index (χ1v) is 11.8. The zero-order valence-electron chi connectivity index (χ0n) is 19.5. The van der Waals surface area contributed by atoms with Gasteiger partial charge in [-0.2, -0.15) is 0 Å². The van der Waals surface area contributed by atoms with Crippen molar-refractivity contribution in [3.63, 3.8) is 0 Å². The number of anilines is 1. The van der Waals surface area contributed by atoms with Crippen LogP contribution in [-0.2, 0) is 13.0 Å². The Bertz CT molecular complexity index is 1370. The average Bonchev–Trinajstić information content (AvgIpc) is 3.23. The van der Waals surface area contributed by atoms with Crippen molar-refractivity contribution in [1.29, 1.82) is 0 Å². The summed E-state index contributed by atoms with van der Waals surface area (Å²) in [6.07, 6.45) is 0.909. The van der Waals surface area contributed by atoms with Crippen molar-refractivity contribution in [3.05, 3.63) is 71.2 Å². The first-order chi connectivity index (χ1) is 16.6. The van der Waals surface area contributed by atoms with E-state index in [4.69, 9.17) is 4.74 Å². The van der Waals surface area contributed by atoms with E-state index in [0.29, 0.717) is 6.61 Å². The van der Waals surface area contributed by atoms with Crippen molar-refractivity contribution < 1.29 is 9.13 Å². The second-order valence-corrected chi connectivity index (χ2v) is 9.08. The second-order valence-electron chi connectivity index (χ2n) is 9.08. The molecule has 0 radical (unpaired) electrons. The summed E-state index contributed by atoms with van der Waals surface area (Å²) in [6, 6.07) is 13.5. The van der Waals surface area contributed by atoms with Gasteiger partial charge in [0.15, 0.2) is 5.82 Å². The fourth-order valence-corrected chi connectivity index (χ4v) is 5.10. The number of aromatic nitrogens is 4. The zero-order chi connectivity index (χ0) is 23.2. The van der Waals surface area contributed by atoms with E-state index in [1.54, 1.807) is 6.07 Å². The molecule has 0 amide bonds. The molecule has 174 valence electrons. The van der Waals surface area contributed by atoms with Crippen LogP contribution in [0.25, 0.3) is 16.6 Å². The van der Waals surface area contributed by atoms with Crippen LogP contribution in [0, 0.1) is 19.7 Å². The van der Waals surface area contributed by atoms with Gasteiger partial charge >= 0.3 is 0 Å². The van der Waals surface area contributed by atoms with Gasteiger partial charge in [-0.15, -0.1) is 10.2 Å². The van der Waals surface area contributed by atoms with Crippen LogP contribution in [-0.4, -0.2) is 57.4 Å². The highest BCUT2D eigenvalue weighted by Gasteiger charge is 2.24. The monoisotopic (exact) mass is 458 g/mol. The molecule has 4 heterocycles.